The minimum absolute atomic E-state index is 0.217. The highest BCUT2D eigenvalue weighted by Crippen LogP contribution is 2.36. The van der Waals surface area contributed by atoms with Crippen molar-refractivity contribution in [3.63, 3.8) is 0 Å². The van der Waals surface area contributed by atoms with Gasteiger partial charge in [0.15, 0.2) is 0 Å². The summed E-state index contributed by atoms with van der Waals surface area (Å²) in [6.45, 7) is 5.32. The summed E-state index contributed by atoms with van der Waals surface area (Å²) in [5.74, 6) is 0. The van der Waals surface area contributed by atoms with Gasteiger partial charge < -0.3 is 25.1 Å². The first-order valence-corrected chi connectivity index (χ1v) is 5.85. The van der Waals surface area contributed by atoms with Crippen molar-refractivity contribution in [2.24, 2.45) is 5.16 Å². The Labute approximate surface area is 105 Å². The van der Waals surface area contributed by atoms with E-state index in [0.717, 1.165) is 0 Å². The molecule has 2 aliphatic rings. The lowest BCUT2D eigenvalue weighted by atomic mass is 9.91. The minimum Gasteiger partial charge on any atom is -0.444 e. The van der Waals surface area contributed by atoms with Crippen molar-refractivity contribution in [2.75, 3.05) is 0 Å². The van der Waals surface area contributed by atoms with Gasteiger partial charge in [-0.3, -0.25) is 0 Å². The Balaban J connectivity index is 1.93. The molecule has 2 fully saturated rings. The number of oxime groups is 1. The molecule has 0 unspecified atom stereocenters. The smallest absolute Gasteiger partial charge is 0.407 e. The lowest BCUT2D eigenvalue weighted by molar-refractivity contribution is 0.0495. The van der Waals surface area contributed by atoms with E-state index >= 15 is 0 Å². The van der Waals surface area contributed by atoms with E-state index in [2.05, 4.69) is 10.5 Å². The van der Waals surface area contributed by atoms with Gasteiger partial charge >= 0.3 is 6.09 Å². The van der Waals surface area contributed by atoms with Gasteiger partial charge in [0.2, 0.25) is 0 Å². The number of fused-ring (bicyclic) bond motifs is 1. The molecule has 2 rings (SSSR count). The highest BCUT2D eigenvalue weighted by Gasteiger charge is 2.56. The number of epoxide rings is 1. The second kappa shape index (κ2) is 4.40. The maximum atomic E-state index is 11.6. The zero-order valence-electron chi connectivity index (χ0n) is 10.6. The van der Waals surface area contributed by atoms with Gasteiger partial charge in [0, 0.05) is 6.42 Å². The van der Waals surface area contributed by atoms with Crippen LogP contribution in [-0.4, -0.2) is 52.1 Å². The molecule has 102 valence electrons. The average Bonchev–Trinajstić information content (AvgIpc) is 2.99. The fourth-order valence-corrected chi connectivity index (χ4v) is 2.06. The quantitative estimate of drug-likeness (QED) is 0.355. The van der Waals surface area contributed by atoms with Crippen molar-refractivity contribution in [3.05, 3.63) is 0 Å². The highest BCUT2D eigenvalue weighted by atomic mass is 16.6. The summed E-state index contributed by atoms with van der Waals surface area (Å²) in [4.78, 5) is 11.6. The average molecular weight is 258 g/mol. The molecule has 3 N–H and O–H groups in total. The first kappa shape index (κ1) is 13.1. The zero-order chi connectivity index (χ0) is 13.5. The first-order valence-electron chi connectivity index (χ1n) is 5.85. The normalized spacial score (nSPS) is 37.0. The Kier molecular flexibility index (Phi) is 3.20. The maximum absolute atomic E-state index is 11.6. The van der Waals surface area contributed by atoms with Gasteiger partial charge in [-0.2, -0.15) is 0 Å². The van der Waals surface area contributed by atoms with Gasteiger partial charge in [-0.05, 0) is 20.8 Å². The van der Waals surface area contributed by atoms with Gasteiger partial charge in [0.25, 0.3) is 0 Å². The summed E-state index contributed by atoms with van der Waals surface area (Å²) in [6, 6.07) is -0.334. The molecule has 0 radical (unpaired) electrons. The van der Waals surface area contributed by atoms with E-state index in [9.17, 15) is 9.90 Å². The Morgan fingerprint density at radius 2 is 2.17 bits per heavy atom. The van der Waals surface area contributed by atoms with Crippen LogP contribution in [0.1, 0.15) is 27.2 Å². The number of amides is 1. The Hall–Kier alpha value is -1.34. The van der Waals surface area contributed by atoms with Crippen LogP contribution in [0.15, 0.2) is 5.16 Å². The van der Waals surface area contributed by atoms with Crippen LogP contribution >= 0.6 is 0 Å². The SMILES string of the molecule is CC(C)(C)OC(=O)N[C@@H]1C/C(=N/O)[C@@H](O)[C@H]2O[C@H]21. The predicted octanol–water partition coefficient (Wildman–Crippen LogP) is 0.242. The summed E-state index contributed by atoms with van der Waals surface area (Å²) in [7, 11) is 0. The van der Waals surface area contributed by atoms with Crippen LogP contribution < -0.4 is 5.32 Å². The molecule has 0 bridgehead atoms. The third-order valence-corrected chi connectivity index (χ3v) is 2.87. The van der Waals surface area contributed by atoms with Crippen molar-refractivity contribution >= 4 is 11.8 Å². The number of alkyl carbamates (subject to hydrolysis) is 1. The number of ether oxygens (including phenoxy) is 2. The summed E-state index contributed by atoms with van der Waals surface area (Å²) in [5.41, 5.74) is -0.356. The Morgan fingerprint density at radius 1 is 1.50 bits per heavy atom. The molecule has 0 spiro atoms. The minimum atomic E-state index is -0.892. The van der Waals surface area contributed by atoms with Crippen LogP contribution in [-0.2, 0) is 9.47 Å². The predicted molar refractivity (Wildman–Crippen MR) is 61.7 cm³/mol. The monoisotopic (exact) mass is 258 g/mol. The molecule has 1 saturated carbocycles. The second-order valence-electron chi connectivity index (χ2n) is 5.56. The van der Waals surface area contributed by atoms with E-state index in [-0.39, 0.29) is 24.3 Å². The van der Waals surface area contributed by atoms with Crippen LogP contribution in [0.5, 0.6) is 0 Å². The van der Waals surface area contributed by atoms with Crippen molar-refractivity contribution in [2.45, 2.75) is 57.1 Å². The van der Waals surface area contributed by atoms with Gasteiger partial charge in [-0.1, -0.05) is 5.16 Å². The number of hydrogen-bond donors (Lipinski definition) is 3. The fourth-order valence-electron chi connectivity index (χ4n) is 2.06. The lowest BCUT2D eigenvalue weighted by Crippen LogP contribution is -2.49. The summed E-state index contributed by atoms with van der Waals surface area (Å²) in [5, 5.41) is 24.1. The molecule has 0 aromatic heterocycles. The molecule has 1 amide bonds. The molecular weight excluding hydrogens is 240 g/mol. The zero-order valence-corrected chi connectivity index (χ0v) is 10.6. The number of rotatable bonds is 1. The van der Waals surface area contributed by atoms with Crippen LogP contribution in [0.2, 0.25) is 0 Å². The largest absolute Gasteiger partial charge is 0.444 e. The van der Waals surface area contributed by atoms with Crippen molar-refractivity contribution in [1.29, 1.82) is 0 Å². The third kappa shape index (κ3) is 2.73. The molecule has 1 heterocycles. The van der Waals surface area contributed by atoms with Crippen LogP contribution in [0, 0.1) is 0 Å². The van der Waals surface area contributed by atoms with Gasteiger partial charge in [-0.25, -0.2) is 4.79 Å². The number of aliphatic hydroxyl groups excluding tert-OH is 1. The third-order valence-electron chi connectivity index (χ3n) is 2.87. The highest BCUT2D eigenvalue weighted by molar-refractivity contribution is 5.91. The maximum Gasteiger partial charge on any atom is 0.407 e. The number of aliphatic hydroxyl groups is 1. The number of carbonyl (C=O) groups excluding carboxylic acids is 1. The summed E-state index contributed by atoms with van der Waals surface area (Å²) in [6.07, 6.45) is -1.83. The standard InChI is InChI=1S/C11H18N2O5/c1-11(2,3)18-10(15)12-6-4-5(13-16)7(14)9-8(6)17-9/h6-9,14,16H,4H2,1-3H3,(H,12,15)/b13-5-/t6-,7-,8+,9-/m1/s1. The van der Waals surface area contributed by atoms with Gasteiger partial charge in [-0.15, -0.1) is 0 Å². The van der Waals surface area contributed by atoms with Gasteiger partial charge in [0.05, 0.1) is 11.8 Å². The van der Waals surface area contributed by atoms with Gasteiger partial charge in [0.1, 0.15) is 23.9 Å². The topological polar surface area (TPSA) is 104 Å². The Morgan fingerprint density at radius 3 is 2.72 bits per heavy atom. The first-order chi connectivity index (χ1) is 8.31. The number of hydrogen-bond acceptors (Lipinski definition) is 6. The molecule has 0 aromatic carbocycles. The van der Waals surface area contributed by atoms with Crippen LogP contribution in [0.25, 0.3) is 0 Å². The molecule has 7 nitrogen and oxygen atoms in total. The van der Waals surface area contributed by atoms with E-state index in [1.165, 1.54) is 0 Å². The van der Waals surface area contributed by atoms with Crippen molar-refractivity contribution in [1.82, 2.24) is 5.32 Å². The number of carbonyl (C=O) groups is 1. The van der Waals surface area contributed by atoms with E-state index in [1.54, 1.807) is 20.8 Å². The number of nitrogens with zero attached hydrogens (tertiary/aromatic N) is 1. The lowest BCUT2D eigenvalue weighted by Gasteiger charge is -2.25. The van der Waals surface area contributed by atoms with E-state index in [4.69, 9.17) is 14.7 Å². The fraction of sp³-hybridized carbons (Fsp3) is 0.818. The summed E-state index contributed by atoms with van der Waals surface area (Å²) < 4.78 is 10.4. The second-order valence-corrected chi connectivity index (χ2v) is 5.56. The van der Waals surface area contributed by atoms with E-state index < -0.39 is 23.9 Å². The molecule has 0 aromatic rings. The summed E-state index contributed by atoms with van der Waals surface area (Å²) >= 11 is 0. The van der Waals surface area contributed by atoms with E-state index in [1.807, 2.05) is 0 Å². The van der Waals surface area contributed by atoms with Crippen molar-refractivity contribution < 1.29 is 24.6 Å². The van der Waals surface area contributed by atoms with Crippen LogP contribution in [0.4, 0.5) is 4.79 Å². The molecule has 1 aliphatic heterocycles. The molecule has 18 heavy (non-hydrogen) atoms. The van der Waals surface area contributed by atoms with E-state index in [0.29, 0.717) is 0 Å². The number of nitrogens with one attached hydrogen (secondary N) is 1. The van der Waals surface area contributed by atoms with Crippen LogP contribution in [0.3, 0.4) is 0 Å². The molecule has 4 atom stereocenters. The molecular formula is C11H18N2O5. The molecule has 7 heteroatoms. The molecule has 1 saturated heterocycles. The Bertz CT molecular complexity index is 376. The molecule has 1 aliphatic carbocycles. The van der Waals surface area contributed by atoms with Crippen molar-refractivity contribution in [3.8, 4) is 0 Å².